The number of carbonyl (C=O) groups excluding carboxylic acids is 1. The summed E-state index contributed by atoms with van der Waals surface area (Å²) in [5.74, 6) is 0. The van der Waals surface area contributed by atoms with Crippen LogP contribution in [0.2, 0.25) is 18.1 Å². The van der Waals surface area contributed by atoms with E-state index in [1.54, 1.807) is 0 Å². The van der Waals surface area contributed by atoms with E-state index < -0.39 is 13.9 Å². The summed E-state index contributed by atoms with van der Waals surface area (Å²) in [6.07, 6.45) is 0.640. The number of benzene rings is 1. The monoisotopic (exact) mass is 420 g/mol. The summed E-state index contributed by atoms with van der Waals surface area (Å²) in [6, 6.07) is 10.3. The summed E-state index contributed by atoms with van der Waals surface area (Å²) in [5.41, 5.74) is 0.730. The van der Waals surface area contributed by atoms with Crippen LogP contribution in [0.15, 0.2) is 30.3 Å². The highest BCUT2D eigenvalue weighted by molar-refractivity contribution is 6.74. The SMILES string of the molecule is CC(C)(C)OC(=O)N1CCC(O[Si](C)(C)C(C)(C)C)[C@H]1CNCc1ccccc1. The maximum atomic E-state index is 12.8. The first-order valence-corrected chi connectivity index (χ1v) is 13.6. The Hall–Kier alpha value is -1.37. The second-order valence-corrected chi connectivity index (χ2v) is 15.3. The van der Waals surface area contributed by atoms with Crippen molar-refractivity contribution in [3.8, 4) is 0 Å². The number of nitrogens with one attached hydrogen (secondary N) is 1. The van der Waals surface area contributed by atoms with E-state index in [9.17, 15) is 4.79 Å². The van der Waals surface area contributed by atoms with Crippen LogP contribution in [0, 0.1) is 0 Å². The van der Waals surface area contributed by atoms with E-state index in [1.807, 2.05) is 43.9 Å². The van der Waals surface area contributed by atoms with Gasteiger partial charge < -0.3 is 19.4 Å². The number of nitrogens with zero attached hydrogens (tertiary/aromatic N) is 1. The molecule has 2 rings (SSSR count). The largest absolute Gasteiger partial charge is 0.444 e. The number of carbonyl (C=O) groups is 1. The summed E-state index contributed by atoms with van der Waals surface area (Å²) in [5, 5.41) is 3.67. The molecule has 0 aromatic heterocycles. The summed E-state index contributed by atoms with van der Waals surface area (Å²) in [6.45, 7) is 19.2. The van der Waals surface area contributed by atoms with Gasteiger partial charge in [-0.05, 0) is 50.9 Å². The minimum absolute atomic E-state index is 0.0253. The molecule has 6 heteroatoms. The molecule has 1 heterocycles. The summed E-state index contributed by atoms with van der Waals surface area (Å²) < 4.78 is 12.4. The smallest absolute Gasteiger partial charge is 0.410 e. The molecule has 5 nitrogen and oxygen atoms in total. The fourth-order valence-corrected chi connectivity index (χ4v) is 4.65. The van der Waals surface area contributed by atoms with Crippen LogP contribution in [0.3, 0.4) is 0 Å². The molecule has 0 spiro atoms. The zero-order valence-corrected chi connectivity index (χ0v) is 20.5. The lowest BCUT2D eigenvalue weighted by atomic mass is 10.1. The molecule has 0 bridgehead atoms. The molecule has 0 saturated carbocycles. The third-order valence-corrected chi connectivity index (χ3v) is 10.4. The van der Waals surface area contributed by atoms with Gasteiger partial charge >= 0.3 is 6.09 Å². The van der Waals surface area contributed by atoms with E-state index in [-0.39, 0.29) is 23.3 Å². The molecule has 1 aromatic carbocycles. The van der Waals surface area contributed by atoms with Crippen molar-refractivity contribution >= 4 is 14.4 Å². The van der Waals surface area contributed by atoms with E-state index in [4.69, 9.17) is 9.16 Å². The van der Waals surface area contributed by atoms with Gasteiger partial charge in [-0.15, -0.1) is 0 Å². The van der Waals surface area contributed by atoms with Crippen molar-refractivity contribution in [1.29, 1.82) is 0 Å². The summed E-state index contributed by atoms with van der Waals surface area (Å²) in [4.78, 5) is 14.7. The molecule has 1 unspecified atom stereocenters. The van der Waals surface area contributed by atoms with Crippen molar-refractivity contribution in [2.24, 2.45) is 0 Å². The zero-order chi connectivity index (χ0) is 21.9. The van der Waals surface area contributed by atoms with Gasteiger partial charge in [0.2, 0.25) is 0 Å². The van der Waals surface area contributed by atoms with Crippen molar-refractivity contribution in [3.63, 3.8) is 0 Å². The number of hydrogen-bond acceptors (Lipinski definition) is 4. The van der Waals surface area contributed by atoms with E-state index in [0.717, 1.165) is 13.0 Å². The molecule has 1 aromatic rings. The highest BCUT2D eigenvalue weighted by Crippen LogP contribution is 2.39. The molecule has 1 fully saturated rings. The fraction of sp³-hybridized carbons (Fsp3) is 0.696. The maximum Gasteiger partial charge on any atom is 0.410 e. The number of likely N-dealkylation sites (tertiary alicyclic amines) is 1. The van der Waals surface area contributed by atoms with Gasteiger partial charge in [0.05, 0.1) is 12.1 Å². The molecule has 1 aliphatic heterocycles. The van der Waals surface area contributed by atoms with E-state index in [0.29, 0.717) is 13.1 Å². The summed E-state index contributed by atoms with van der Waals surface area (Å²) in [7, 11) is -1.93. The zero-order valence-electron chi connectivity index (χ0n) is 19.5. The van der Waals surface area contributed by atoms with Gasteiger partial charge in [-0.2, -0.15) is 0 Å². The Bertz CT molecular complexity index is 665. The third kappa shape index (κ3) is 6.83. The number of amides is 1. The van der Waals surface area contributed by atoms with Crippen LogP contribution in [-0.2, 0) is 15.7 Å². The van der Waals surface area contributed by atoms with Gasteiger partial charge in [0.15, 0.2) is 8.32 Å². The molecular weight excluding hydrogens is 380 g/mol. The highest BCUT2D eigenvalue weighted by atomic mass is 28.4. The Kier molecular flexibility index (Phi) is 7.57. The van der Waals surface area contributed by atoms with Gasteiger partial charge in [0, 0.05) is 19.6 Å². The van der Waals surface area contributed by atoms with E-state index in [2.05, 4.69) is 51.3 Å². The maximum absolute atomic E-state index is 12.8. The Balaban J connectivity index is 2.11. The molecule has 2 atom stereocenters. The van der Waals surface area contributed by atoms with Crippen LogP contribution < -0.4 is 5.32 Å². The molecular formula is C23H40N2O3Si. The molecule has 29 heavy (non-hydrogen) atoms. The summed E-state index contributed by atoms with van der Waals surface area (Å²) >= 11 is 0. The standard InChI is InChI=1S/C23H40N2O3Si/c1-22(2,3)27-21(26)25-15-14-20(28-29(7,8)23(4,5)6)19(25)17-24-16-18-12-10-9-11-13-18/h9-13,19-20,24H,14-17H2,1-8H3/t19-,20?/m1/s1. The van der Waals surface area contributed by atoms with Crippen molar-refractivity contribution in [2.45, 2.75) is 90.4 Å². The average molecular weight is 421 g/mol. The average Bonchev–Trinajstić information content (AvgIpc) is 2.95. The molecule has 0 aliphatic carbocycles. The van der Waals surface area contributed by atoms with Crippen molar-refractivity contribution < 1.29 is 14.0 Å². The first-order valence-electron chi connectivity index (χ1n) is 10.7. The minimum atomic E-state index is -1.93. The molecule has 164 valence electrons. The van der Waals surface area contributed by atoms with Crippen LogP contribution in [0.4, 0.5) is 4.79 Å². The Morgan fingerprint density at radius 1 is 1.14 bits per heavy atom. The van der Waals surface area contributed by atoms with Gasteiger partial charge in [-0.3, -0.25) is 0 Å². The lowest BCUT2D eigenvalue weighted by molar-refractivity contribution is 0.0164. The van der Waals surface area contributed by atoms with Crippen molar-refractivity contribution in [1.82, 2.24) is 10.2 Å². The van der Waals surface area contributed by atoms with Gasteiger partial charge in [-0.1, -0.05) is 51.1 Å². The first-order chi connectivity index (χ1) is 13.3. The molecule has 0 radical (unpaired) electrons. The van der Waals surface area contributed by atoms with Crippen LogP contribution >= 0.6 is 0 Å². The Morgan fingerprint density at radius 3 is 2.31 bits per heavy atom. The lowest BCUT2D eigenvalue weighted by Gasteiger charge is -2.40. The molecule has 1 saturated heterocycles. The normalized spacial score (nSPS) is 20.8. The molecule has 1 N–H and O–H groups in total. The molecule has 1 aliphatic rings. The lowest BCUT2D eigenvalue weighted by Crippen LogP contribution is -2.52. The van der Waals surface area contributed by atoms with Crippen LogP contribution in [0.25, 0.3) is 0 Å². The third-order valence-electron chi connectivity index (χ3n) is 5.89. The van der Waals surface area contributed by atoms with Crippen LogP contribution in [0.1, 0.15) is 53.5 Å². The molecule has 1 amide bonds. The number of ether oxygens (including phenoxy) is 1. The van der Waals surface area contributed by atoms with E-state index >= 15 is 0 Å². The van der Waals surface area contributed by atoms with Crippen LogP contribution in [0.5, 0.6) is 0 Å². The number of hydrogen-bond donors (Lipinski definition) is 1. The quantitative estimate of drug-likeness (QED) is 0.645. The fourth-order valence-electron chi connectivity index (χ4n) is 3.27. The second kappa shape index (κ2) is 9.19. The van der Waals surface area contributed by atoms with Gasteiger partial charge in [-0.25, -0.2) is 4.79 Å². The predicted octanol–water partition coefficient (Wildman–Crippen LogP) is 5.18. The highest BCUT2D eigenvalue weighted by Gasteiger charge is 2.45. The Morgan fingerprint density at radius 2 is 1.76 bits per heavy atom. The van der Waals surface area contributed by atoms with E-state index in [1.165, 1.54) is 5.56 Å². The first kappa shape index (κ1) is 23.9. The van der Waals surface area contributed by atoms with Crippen molar-refractivity contribution in [2.75, 3.05) is 13.1 Å². The second-order valence-electron chi connectivity index (χ2n) is 10.6. The predicted molar refractivity (Wildman–Crippen MR) is 122 cm³/mol. The van der Waals surface area contributed by atoms with Crippen molar-refractivity contribution in [3.05, 3.63) is 35.9 Å². The van der Waals surface area contributed by atoms with Gasteiger partial charge in [0.25, 0.3) is 0 Å². The topological polar surface area (TPSA) is 50.8 Å². The Labute approximate surface area is 178 Å². The minimum Gasteiger partial charge on any atom is -0.444 e. The van der Waals surface area contributed by atoms with Crippen LogP contribution in [-0.4, -0.2) is 50.1 Å². The number of rotatable bonds is 6. The van der Waals surface area contributed by atoms with Gasteiger partial charge in [0.1, 0.15) is 5.60 Å².